The Morgan fingerprint density at radius 2 is 2.05 bits per heavy atom. The van der Waals surface area contributed by atoms with Gasteiger partial charge in [0, 0.05) is 16.1 Å². The monoisotopic (exact) mass is 307 g/mol. The number of halogens is 2. The Balaban J connectivity index is 2.27. The molecule has 2 aromatic rings. The minimum atomic E-state index is -0.365. The quantitative estimate of drug-likeness (QED) is 0.511. The molecule has 0 aliphatic rings. The van der Waals surface area contributed by atoms with Gasteiger partial charge in [0.2, 0.25) is 0 Å². The summed E-state index contributed by atoms with van der Waals surface area (Å²) in [5.74, 6) is 0.196. The van der Waals surface area contributed by atoms with Crippen molar-refractivity contribution in [1.29, 1.82) is 0 Å². The summed E-state index contributed by atoms with van der Waals surface area (Å²) in [6.45, 7) is 3.73. The minimum Gasteiger partial charge on any atom is -0.488 e. The molecule has 0 amide bonds. The molecule has 0 atom stereocenters. The van der Waals surface area contributed by atoms with Crippen LogP contribution in [0.25, 0.3) is 0 Å². The summed E-state index contributed by atoms with van der Waals surface area (Å²) >= 11 is 6.01. The van der Waals surface area contributed by atoms with Crippen LogP contribution < -0.4 is 4.74 Å². The molecule has 0 spiro atoms. The molecule has 0 bridgehead atoms. The number of hydrogen-bond donors (Lipinski definition) is 1. The van der Waals surface area contributed by atoms with Gasteiger partial charge in [0.15, 0.2) is 0 Å². The van der Waals surface area contributed by atoms with E-state index in [4.69, 9.17) is 21.5 Å². The molecule has 21 heavy (non-hydrogen) atoms. The highest BCUT2D eigenvalue weighted by molar-refractivity contribution is 6.31. The lowest BCUT2D eigenvalue weighted by molar-refractivity contribution is 0.302. The maximum absolute atomic E-state index is 13.2. The first-order valence-electron chi connectivity index (χ1n) is 6.37. The van der Waals surface area contributed by atoms with Gasteiger partial charge in [-0.05, 0) is 49.7 Å². The molecule has 0 fully saturated rings. The van der Waals surface area contributed by atoms with E-state index in [1.54, 1.807) is 6.92 Å². The molecule has 1 N–H and O–H groups in total. The van der Waals surface area contributed by atoms with Gasteiger partial charge < -0.3 is 9.94 Å². The molecule has 3 nitrogen and oxygen atoms in total. The van der Waals surface area contributed by atoms with Crippen molar-refractivity contribution >= 4 is 17.3 Å². The van der Waals surface area contributed by atoms with Crippen LogP contribution in [0.4, 0.5) is 4.39 Å². The molecule has 2 rings (SSSR count). The lowest BCUT2D eigenvalue weighted by Gasteiger charge is -2.12. The van der Waals surface area contributed by atoms with Gasteiger partial charge in [-0.25, -0.2) is 4.39 Å². The maximum Gasteiger partial charge on any atom is 0.129 e. The van der Waals surface area contributed by atoms with Crippen LogP contribution in [0.2, 0.25) is 5.02 Å². The molecule has 0 saturated heterocycles. The second-order valence-electron chi connectivity index (χ2n) is 4.71. The lowest BCUT2D eigenvalue weighted by atomic mass is 10.1. The number of oxime groups is 1. The van der Waals surface area contributed by atoms with Crippen LogP contribution in [-0.4, -0.2) is 10.9 Å². The van der Waals surface area contributed by atoms with Crippen LogP contribution in [0.3, 0.4) is 0 Å². The number of nitrogens with zero attached hydrogens (tertiary/aromatic N) is 1. The molecule has 0 aromatic heterocycles. The SMILES string of the molecule is C/C(=N/O)c1ccc(C)cc1OCc1cc(F)ccc1Cl. The predicted molar refractivity (Wildman–Crippen MR) is 80.9 cm³/mol. The molecule has 0 radical (unpaired) electrons. The topological polar surface area (TPSA) is 41.8 Å². The van der Waals surface area contributed by atoms with E-state index in [2.05, 4.69) is 5.16 Å². The highest BCUT2D eigenvalue weighted by Gasteiger charge is 2.10. The van der Waals surface area contributed by atoms with Crippen molar-refractivity contribution in [2.24, 2.45) is 5.16 Å². The Kier molecular flexibility index (Phi) is 4.81. The van der Waals surface area contributed by atoms with Gasteiger partial charge in [0.1, 0.15) is 18.2 Å². The predicted octanol–water partition coefficient (Wildman–Crippen LogP) is 4.56. The zero-order valence-electron chi connectivity index (χ0n) is 11.7. The van der Waals surface area contributed by atoms with E-state index in [0.717, 1.165) is 5.56 Å². The second kappa shape index (κ2) is 6.59. The smallest absolute Gasteiger partial charge is 0.129 e. The third kappa shape index (κ3) is 3.73. The van der Waals surface area contributed by atoms with Crippen molar-refractivity contribution in [1.82, 2.24) is 0 Å². The summed E-state index contributed by atoms with van der Waals surface area (Å²) in [7, 11) is 0. The Labute approximate surface area is 127 Å². The van der Waals surface area contributed by atoms with E-state index < -0.39 is 0 Å². The fourth-order valence-corrected chi connectivity index (χ4v) is 2.08. The first-order valence-corrected chi connectivity index (χ1v) is 6.75. The number of rotatable bonds is 4. The van der Waals surface area contributed by atoms with E-state index in [9.17, 15) is 4.39 Å². The minimum absolute atomic E-state index is 0.131. The van der Waals surface area contributed by atoms with Gasteiger partial charge >= 0.3 is 0 Å². The summed E-state index contributed by atoms with van der Waals surface area (Å²) in [5, 5.41) is 12.5. The van der Waals surface area contributed by atoms with Crippen LogP contribution >= 0.6 is 11.6 Å². The second-order valence-corrected chi connectivity index (χ2v) is 5.12. The first-order chi connectivity index (χ1) is 10.0. The van der Waals surface area contributed by atoms with Gasteiger partial charge in [-0.15, -0.1) is 0 Å². The lowest BCUT2D eigenvalue weighted by Crippen LogP contribution is -2.03. The van der Waals surface area contributed by atoms with Crippen LogP contribution in [0.5, 0.6) is 5.75 Å². The third-order valence-corrected chi connectivity index (χ3v) is 3.44. The Morgan fingerprint density at radius 3 is 2.76 bits per heavy atom. The molecule has 0 heterocycles. The van der Waals surface area contributed by atoms with E-state index >= 15 is 0 Å². The number of hydrogen-bond acceptors (Lipinski definition) is 3. The molecule has 0 aliphatic heterocycles. The highest BCUT2D eigenvalue weighted by atomic mass is 35.5. The van der Waals surface area contributed by atoms with Crippen LogP contribution in [0.1, 0.15) is 23.6 Å². The average Bonchev–Trinajstić information content (AvgIpc) is 2.47. The van der Waals surface area contributed by atoms with Gasteiger partial charge in [-0.2, -0.15) is 0 Å². The van der Waals surface area contributed by atoms with Crippen LogP contribution in [-0.2, 0) is 6.61 Å². The molecule has 5 heteroatoms. The van der Waals surface area contributed by atoms with Crippen LogP contribution in [0, 0.1) is 12.7 Å². The van der Waals surface area contributed by atoms with Gasteiger partial charge in [0.25, 0.3) is 0 Å². The first kappa shape index (κ1) is 15.3. The summed E-state index contributed by atoms with van der Waals surface area (Å²) < 4.78 is 19.0. The van der Waals surface area contributed by atoms with Crippen LogP contribution in [0.15, 0.2) is 41.6 Å². The molecular formula is C16H15ClFNO2. The number of ether oxygens (including phenoxy) is 1. The summed E-state index contributed by atoms with van der Waals surface area (Å²) in [5.41, 5.74) is 2.68. The fourth-order valence-electron chi connectivity index (χ4n) is 1.91. The Bertz CT molecular complexity index is 686. The molecular weight excluding hydrogens is 293 g/mol. The van der Waals surface area contributed by atoms with Crippen molar-refractivity contribution < 1.29 is 14.3 Å². The van der Waals surface area contributed by atoms with E-state index in [0.29, 0.717) is 27.6 Å². The Hall–Kier alpha value is -2.07. The zero-order valence-corrected chi connectivity index (χ0v) is 12.5. The third-order valence-electron chi connectivity index (χ3n) is 3.07. The van der Waals surface area contributed by atoms with Gasteiger partial charge in [0.05, 0.1) is 5.71 Å². The standard InChI is InChI=1S/C16H15ClFNO2/c1-10-3-5-14(11(2)19-20)16(7-10)21-9-12-8-13(18)4-6-15(12)17/h3-8,20H,9H2,1-2H3/b19-11-. The molecule has 0 saturated carbocycles. The fraction of sp³-hybridized carbons (Fsp3) is 0.188. The summed E-state index contributed by atoms with van der Waals surface area (Å²) in [4.78, 5) is 0. The van der Waals surface area contributed by atoms with Crippen molar-refractivity contribution in [3.63, 3.8) is 0 Å². The Morgan fingerprint density at radius 1 is 1.29 bits per heavy atom. The average molecular weight is 308 g/mol. The van der Waals surface area contributed by atoms with Gasteiger partial charge in [-0.3, -0.25) is 0 Å². The van der Waals surface area contributed by atoms with E-state index in [1.807, 2.05) is 25.1 Å². The largest absolute Gasteiger partial charge is 0.488 e. The molecule has 0 unspecified atom stereocenters. The zero-order chi connectivity index (χ0) is 15.4. The maximum atomic E-state index is 13.2. The molecule has 0 aliphatic carbocycles. The summed E-state index contributed by atoms with van der Waals surface area (Å²) in [6.07, 6.45) is 0. The molecule has 110 valence electrons. The van der Waals surface area contributed by atoms with E-state index in [1.165, 1.54) is 18.2 Å². The van der Waals surface area contributed by atoms with Crippen molar-refractivity contribution in [3.8, 4) is 5.75 Å². The van der Waals surface area contributed by atoms with E-state index in [-0.39, 0.29) is 12.4 Å². The van der Waals surface area contributed by atoms with Crippen molar-refractivity contribution in [2.75, 3.05) is 0 Å². The number of aryl methyl sites for hydroxylation is 1. The van der Waals surface area contributed by atoms with Gasteiger partial charge in [-0.1, -0.05) is 22.8 Å². The number of benzene rings is 2. The normalized spacial score (nSPS) is 11.5. The van der Waals surface area contributed by atoms with Crippen molar-refractivity contribution in [3.05, 3.63) is 63.9 Å². The highest BCUT2D eigenvalue weighted by Crippen LogP contribution is 2.24. The molecule has 2 aromatic carbocycles. The van der Waals surface area contributed by atoms with Crippen molar-refractivity contribution in [2.45, 2.75) is 20.5 Å². The summed E-state index contributed by atoms with van der Waals surface area (Å²) in [6, 6.07) is 9.67.